The Morgan fingerprint density at radius 2 is 1.69 bits per heavy atom. The van der Waals surface area contributed by atoms with Crippen LogP contribution >= 0.6 is 0 Å². The van der Waals surface area contributed by atoms with Crippen LogP contribution in [0.3, 0.4) is 0 Å². The van der Waals surface area contributed by atoms with E-state index in [1.807, 2.05) is 0 Å². The summed E-state index contributed by atoms with van der Waals surface area (Å²) in [5, 5.41) is 5.56. The summed E-state index contributed by atoms with van der Waals surface area (Å²) in [7, 11) is 0. The van der Waals surface area contributed by atoms with Gasteiger partial charge in [0.15, 0.2) is 0 Å². The van der Waals surface area contributed by atoms with Gasteiger partial charge in [-0.2, -0.15) is 0 Å². The van der Waals surface area contributed by atoms with E-state index in [4.69, 9.17) is 10.5 Å². The molecule has 1 aliphatic heterocycles. The second-order valence-electron chi connectivity index (χ2n) is 11.6. The quantitative estimate of drug-likeness (QED) is 0.384. The largest absolute Gasteiger partial charge is 0.450 e. The number of fused-ring (bicyclic) bond motifs is 1. The minimum absolute atomic E-state index is 0.0247. The lowest BCUT2D eigenvalue weighted by molar-refractivity contribution is -0.144. The number of alkyl carbamates (subject to hydrolysis) is 1. The zero-order valence-electron chi connectivity index (χ0n) is 21.6. The summed E-state index contributed by atoms with van der Waals surface area (Å²) < 4.78 is 5.08. The summed E-state index contributed by atoms with van der Waals surface area (Å²) in [6, 6.07) is -2.52. The van der Waals surface area contributed by atoms with Gasteiger partial charge in [0.1, 0.15) is 12.1 Å². The molecule has 1 saturated heterocycles. The molecule has 0 spiro atoms. The summed E-state index contributed by atoms with van der Waals surface area (Å²) in [4.78, 5) is 65.6. The van der Waals surface area contributed by atoms with Gasteiger partial charge in [0.2, 0.25) is 17.6 Å². The maximum Gasteiger partial charge on any atom is 0.407 e. The molecule has 0 aromatic carbocycles. The first-order chi connectivity index (χ1) is 17.1. The molecule has 4 fully saturated rings. The van der Waals surface area contributed by atoms with E-state index in [0.717, 1.165) is 44.9 Å². The van der Waals surface area contributed by atoms with E-state index in [9.17, 15) is 24.0 Å². The van der Waals surface area contributed by atoms with E-state index in [-0.39, 0.29) is 41.6 Å². The molecule has 200 valence electrons. The molecular formula is C26H40N4O6. The first-order valence-electron chi connectivity index (χ1n) is 13.4. The Morgan fingerprint density at radius 3 is 2.28 bits per heavy atom. The molecule has 3 saturated carbocycles. The number of ether oxygens (including phenoxy) is 1. The molecule has 4 N–H and O–H groups in total. The van der Waals surface area contributed by atoms with Crippen LogP contribution in [0.25, 0.3) is 0 Å². The monoisotopic (exact) mass is 504 g/mol. The highest BCUT2D eigenvalue weighted by atomic mass is 16.5. The average molecular weight is 505 g/mol. The van der Waals surface area contributed by atoms with Crippen molar-refractivity contribution in [1.29, 1.82) is 0 Å². The molecule has 1 heterocycles. The normalized spacial score (nSPS) is 28.4. The van der Waals surface area contributed by atoms with Crippen LogP contribution in [0, 0.1) is 29.1 Å². The Bertz CT molecular complexity index is 910. The SMILES string of the molecule is CCOC(=O)NC(C(=O)N1C[C@H]2[C@@H](C1C(=O)NC(CC1CC1)C(=O)C(N)=O)C2(C)C)C1CCCCC1. The maximum atomic E-state index is 13.9. The lowest BCUT2D eigenvalue weighted by Gasteiger charge is -2.37. The van der Waals surface area contributed by atoms with Crippen molar-refractivity contribution in [3.05, 3.63) is 0 Å². The molecule has 5 atom stereocenters. The fourth-order valence-corrected chi connectivity index (χ4v) is 6.49. The molecule has 0 aromatic rings. The summed E-state index contributed by atoms with van der Waals surface area (Å²) in [6.45, 7) is 6.48. The highest BCUT2D eigenvalue weighted by molar-refractivity contribution is 6.37. The average Bonchev–Trinajstić information content (AvgIpc) is 3.69. The number of rotatable bonds is 10. The van der Waals surface area contributed by atoms with Crippen molar-refractivity contribution in [1.82, 2.24) is 15.5 Å². The highest BCUT2D eigenvalue weighted by Crippen LogP contribution is 2.65. The molecule has 3 unspecified atom stereocenters. The Balaban J connectivity index is 1.55. The van der Waals surface area contributed by atoms with Crippen molar-refractivity contribution in [2.75, 3.05) is 13.2 Å². The van der Waals surface area contributed by atoms with Crippen molar-refractivity contribution in [3.8, 4) is 0 Å². The fraction of sp³-hybridized carbons (Fsp3) is 0.808. The molecule has 0 bridgehead atoms. The molecule has 10 heteroatoms. The van der Waals surface area contributed by atoms with Crippen LogP contribution < -0.4 is 16.4 Å². The lowest BCUT2D eigenvalue weighted by Crippen LogP contribution is -2.59. The number of nitrogens with one attached hydrogen (secondary N) is 2. The second-order valence-corrected chi connectivity index (χ2v) is 11.6. The van der Waals surface area contributed by atoms with E-state index in [1.54, 1.807) is 11.8 Å². The molecule has 0 aromatic heterocycles. The number of amides is 4. The van der Waals surface area contributed by atoms with Crippen molar-refractivity contribution in [3.63, 3.8) is 0 Å². The number of primary amides is 1. The third-order valence-electron chi connectivity index (χ3n) is 8.84. The lowest BCUT2D eigenvalue weighted by atomic mass is 9.83. The molecule has 4 rings (SSSR count). The minimum atomic E-state index is -1.07. The van der Waals surface area contributed by atoms with Gasteiger partial charge in [0.25, 0.3) is 5.91 Å². The Morgan fingerprint density at radius 1 is 1.03 bits per heavy atom. The van der Waals surface area contributed by atoms with Crippen LogP contribution in [0.15, 0.2) is 0 Å². The Kier molecular flexibility index (Phi) is 7.61. The van der Waals surface area contributed by atoms with Crippen LogP contribution in [0.1, 0.15) is 72.1 Å². The highest BCUT2D eigenvalue weighted by Gasteiger charge is 2.69. The fourth-order valence-electron chi connectivity index (χ4n) is 6.49. The van der Waals surface area contributed by atoms with Crippen LogP contribution in [-0.4, -0.2) is 65.8 Å². The third kappa shape index (κ3) is 5.37. The van der Waals surface area contributed by atoms with Gasteiger partial charge in [-0.1, -0.05) is 46.0 Å². The first kappa shape index (κ1) is 26.4. The van der Waals surface area contributed by atoms with Gasteiger partial charge < -0.3 is 26.0 Å². The van der Waals surface area contributed by atoms with E-state index in [0.29, 0.717) is 13.0 Å². The van der Waals surface area contributed by atoms with Gasteiger partial charge in [-0.05, 0) is 55.3 Å². The van der Waals surface area contributed by atoms with Crippen molar-refractivity contribution >= 4 is 29.6 Å². The van der Waals surface area contributed by atoms with Crippen molar-refractivity contribution in [2.24, 2.45) is 34.8 Å². The zero-order valence-corrected chi connectivity index (χ0v) is 21.6. The molecule has 10 nitrogen and oxygen atoms in total. The van der Waals surface area contributed by atoms with E-state index in [1.165, 1.54) is 0 Å². The van der Waals surface area contributed by atoms with Crippen molar-refractivity contribution in [2.45, 2.75) is 90.3 Å². The molecule has 4 amide bonds. The molecule has 3 aliphatic carbocycles. The van der Waals surface area contributed by atoms with Crippen molar-refractivity contribution < 1.29 is 28.7 Å². The number of hydrogen-bond acceptors (Lipinski definition) is 6. The number of likely N-dealkylation sites (tertiary alicyclic amines) is 1. The van der Waals surface area contributed by atoms with Gasteiger partial charge in [0.05, 0.1) is 12.6 Å². The van der Waals surface area contributed by atoms with Crippen LogP contribution in [-0.2, 0) is 23.9 Å². The molecule has 36 heavy (non-hydrogen) atoms. The number of hydrogen-bond donors (Lipinski definition) is 3. The Labute approximate surface area is 212 Å². The van der Waals surface area contributed by atoms with Crippen LogP contribution in [0.2, 0.25) is 0 Å². The van der Waals surface area contributed by atoms with Crippen LogP contribution in [0.4, 0.5) is 4.79 Å². The number of piperidine rings is 1. The Hall–Kier alpha value is -2.65. The number of Topliss-reactive ketones (excluding diaryl/α,β-unsaturated/α-hetero) is 1. The van der Waals surface area contributed by atoms with Gasteiger partial charge >= 0.3 is 6.09 Å². The third-order valence-corrected chi connectivity index (χ3v) is 8.84. The predicted octanol–water partition coefficient (Wildman–Crippen LogP) is 1.50. The summed E-state index contributed by atoms with van der Waals surface area (Å²) in [5.41, 5.74) is 5.14. The van der Waals surface area contributed by atoms with E-state index < -0.39 is 41.8 Å². The first-order valence-corrected chi connectivity index (χ1v) is 13.4. The number of carbonyl (C=O) groups is 5. The van der Waals surface area contributed by atoms with E-state index in [2.05, 4.69) is 24.5 Å². The number of ketones is 1. The number of nitrogens with two attached hydrogens (primary N) is 1. The van der Waals surface area contributed by atoms with Crippen LogP contribution in [0.5, 0.6) is 0 Å². The molecule has 4 aliphatic rings. The second kappa shape index (κ2) is 10.4. The number of carbonyl (C=O) groups excluding carboxylic acids is 5. The standard InChI is InChI=1S/C26H40N4O6/c1-4-36-25(35)29-19(15-8-6-5-7-9-15)24(34)30-13-16-18(26(16,2)3)20(30)23(33)28-17(12-14-10-11-14)21(31)22(27)32/h14-20H,4-13H2,1-3H3,(H2,27,32)(H,28,33)(H,29,35)/t16-,17?,18-,19?,20?/m0/s1. The summed E-state index contributed by atoms with van der Waals surface area (Å²) >= 11 is 0. The molecular weight excluding hydrogens is 464 g/mol. The zero-order chi connectivity index (χ0) is 26.2. The van der Waals surface area contributed by atoms with Gasteiger partial charge in [-0.3, -0.25) is 19.2 Å². The van der Waals surface area contributed by atoms with Gasteiger partial charge in [-0.15, -0.1) is 0 Å². The topological polar surface area (TPSA) is 148 Å². The summed E-state index contributed by atoms with van der Waals surface area (Å²) in [5.74, 6) is -2.22. The van der Waals surface area contributed by atoms with Gasteiger partial charge in [-0.25, -0.2) is 4.79 Å². The van der Waals surface area contributed by atoms with Gasteiger partial charge in [0, 0.05) is 6.54 Å². The van der Waals surface area contributed by atoms with E-state index >= 15 is 0 Å². The smallest absolute Gasteiger partial charge is 0.407 e. The summed E-state index contributed by atoms with van der Waals surface area (Å²) in [6.07, 6.45) is 6.35. The number of nitrogens with zero attached hydrogens (tertiary/aromatic N) is 1. The molecule has 0 radical (unpaired) electrons. The minimum Gasteiger partial charge on any atom is -0.450 e. The maximum absolute atomic E-state index is 13.9. The predicted molar refractivity (Wildman–Crippen MR) is 130 cm³/mol.